The van der Waals surface area contributed by atoms with Gasteiger partial charge in [-0.2, -0.15) is 0 Å². The molecule has 2 aromatic rings. The van der Waals surface area contributed by atoms with Crippen molar-refractivity contribution in [2.45, 2.75) is 6.36 Å². The predicted octanol–water partition coefficient (Wildman–Crippen LogP) is 4.40. The number of nitro groups is 1. The molecule has 0 radical (unpaired) electrons. The summed E-state index contributed by atoms with van der Waals surface area (Å²) in [6.07, 6.45) is -4.92. The highest BCUT2D eigenvalue weighted by Crippen LogP contribution is 2.40. The lowest BCUT2D eigenvalue weighted by atomic mass is 10.0. The number of hydrogen-bond acceptors (Lipinski definition) is 4. The molecule has 0 saturated carbocycles. The first-order valence-electron chi connectivity index (χ1n) is 5.77. The molecule has 5 nitrogen and oxygen atoms in total. The molecule has 0 spiro atoms. The highest BCUT2D eigenvalue weighted by molar-refractivity contribution is 6.33. The predicted molar refractivity (Wildman–Crippen MR) is 74.6 cm³/mol. The van der Waals surface area contributed by atoms with Crippen LogP contribution in [-0.2, 0) is 0 Å². The molecule has 0 saturated heterocycles. The van der Waals surface area contributed by atoms with E-state index in [2.05, 4.69) is 4.74 Å². The Labute approximate surface area is 127 Å². The van der Waals surface area contributed by atoms with Crippen LogP contribution in [0.2, 0.25) is 5.02 Å². The van der Waals surface area contributed by atoms with Crippen LogP contribution in [0, 0.1) is 10.1 Å². The fraction of sp³-hybridized carbons (Fsp3) is 0.0769. The van der Waals surface area contributed by atoms with Gasteiger partial charge in [0.05, 0.1) is 9.95 Å². The van der Waals surface area contributed by atoms with Crippen molar-refractivity contribution in [3.63, 3.8) is 0 Å². The molecule has 0 fully saturated rings. The van der Waals surface area contributed by atoms with E-state index in [9.17, 15) is 23.3 Å². The molecule has 0 amide bonds. The second-order valence-corrected chi connectivity index (χ2v) is 4.60. The highest BCUT2D eigenvalue weighted by Gasteiger charge is 2.33. The average molecular weight is 333 g/mol. The van der Waals surface area contributed by atoms with Crippen molar-refractivity contribution in [3.8, 4) is 16.9 Å². The maximum absolute atomic E-state index is 12.4. The maximum Gasteiger partial charge on any atom is 0.573 e. The lowest BCUT2D eigenvalue weighted by molar-refractivity contribution is -0.383. The summed E-state index contributed by atoms with van der Waals surface area (Å²) < 4.78 is 41.3. The molecule has 0 aliphatic heterocycles. The van der Waals surface area contributed by atoms with Crippen LogP contribution in [0.25, 0.3) is 11.1 Å². The number of alkyl halides is 3. The summed E-state index contributed by atoms with van der Waals surface area (Å²) in [4.78, 5) is 10.1. The first-order chi connectivity index (χ1) is 10.2. The number of ether oxygens (including phenoxy) is 1. The van der Waals surface area contributed by atoms with Crippen LogP contribution in [-0.4, -0.2) is 11.3 Å². The van der Waals surface area contributed by atoms with Crippen LogP contribution >= 0.6 is 11.6 Å². The molecule has 22 heavy (non-hydrogen) atoms. The Morgan fingerprint density at radius 2 is 1.91 bits per heavy atom. The molecule has 9 heteroatoms. The monoisotopic (exact) mass is 332 g/mol. The minimum atomic E-state index is -4.92. The van der Waals surface area contributed by atoms with Gasteiger partial charge in [0.15, 0.2) is 0 Å². The summed E-state index contributed by atoms with van der Waals surface area (Å²) in [7, 11) is 0. The zero-order valence-electron chi connectivity index (χ0n) is 10.7. The number of halogens is 4. The lowest BCUT2D eigenvalue weighted by Gasteiger charge is -2.14. The average Bonchev–Trinajstić information content (AvgIpc) is 2.38. The van der Waals surface area contributed by atoms with Gasteiger partial charge in [-0.1, -0.05) is 23.7 Å². The number of nitro benzene ring substituents is 1. The zero-order chi connectivity index (χ0) is 16.5. The Bertz CT molecular complexity index is 735. The van der Waals surface area contributed by atoms with Crippen molar-refractivity contribution < 1.29 is 22.8 Å². The van der Waals surface area contributed by atoms with Crippen LogP contribution in [0.1, 0.15) is 0 Å². The first-order valence-corrected chi connectivity index (χ1v) is 6.15. The molecule has 0 aliphatic carbocycles. The first kappa shape index (κ1) is 15.9. The molecule has 116 valence electrons. The number of rotatable bonds is 3. The molecule has 0 atom stereocenters. The molecular formula is C13H8ClF3N2O3. The second kappa shape index (κ2) is 5.72. The summed E-state index contributed by atoms with van der Waals surface area (Å²) in [5, 5.41) is 10.8. The van der Waals surface area contributed by atoms with E-state index >= 15 is 0 Å². The SMILES string of the molecule is Nc1ccc(-c2c(Cl)cccc2OC(F)(F)F)cc1[N+](=O)[O-]. The van der Waals surface area contributed by atoms with Gasteiger partial charge in [0.25, 0.3) is 5.69 Å². The Morgan fingerprint density at radius 3 is 2.50 bits per heavy atom. The van der Waals surface area contributed by atoms with Crippen molar-refractivity contribution in [2.24, 2.45) is 0 Å². The topological polar surface area (TPSA) is 78.4 Å². The van der Waals surface area contributed by atoms with Crippen molar-refractivity contribution in [2.75, 3.05) is 5.73 Å². The van der Waals surface area contributed by atoms with E-state index in [0.717, 1.165) is 12.1 Å². The minimum absolute atomic E-state index is 0.0409. The van der Waals surface area contributed by atoms with E-state index in [4.69, 9.17) is 17.3 Å². The smallest absolute Gasteiger partial charge is 0.405 e. The Kier molecular flexibility index (Phi) is 4.14. The van der Waals surface area contributed by atoms with Gasteiger partial charge in [0.2, 0.25) is 0 Å². The lowest BCUT2D eigenvalue weighted by Crippen LogP contribution is -2.17. The third-order valence-electron chi connectivity index (χ3n) is 2.72. The van der Waals surface area contributed by atoms with Gasteiger partial charge in [0.1, 0.15) is 11.4 Å². The Morgan fingerprint density at radius 1 is 1.23 bits per heavy atom. The number of nitrogen functional groups attached to an aromatic ring is 1. The van der Waals surface area contributed by atoms with E-state index in [0.29, 0.717) is 0 Å². The molecule has 0 aliphatic rings. The third-order valence-corrected chi connectivity index (χ3v) is 3.03. The fourth-order valence-corrected chi connectivity index (χ4v) is 2.13. The van der Waals surface area contributed by atoms with E-state index in [1.807, 2.05) is 0 Å². The standard InChI is InChI=1S/C13H8ClF3N2O3/c14-8-2-1-3-11(22-13(15,16)17)12(8)7-4-5-9(18)10(6-7)19(20)21/h1-6H,18H2. The molecule has 0 unspecified atom stereocenters. The molecule has 2 N–H and O–H groups in total. The van der Waals surface area contributed by atoms with E-state index in [1.165, 1.54) is 24.3 Å². The normalized spacial score (nSPS) is 11.3. The van der Waals surface area contributed by atoms with Gasteiger partial charge < -0.3 is 10.5 Å². The van der Waals surface area contributed by atoms with Crippen LogP contribution < -0.4 is 10.5 Å². The van der Waals surface area contributed by atoms with Crippen molar-refractivity contribution in [1.82, 2.24) is 0 Å². The van der Waals surface area contributed by atoms with Crippen molar-refractivity contribution >= 4 is 23.0 Å². The van der Waals surface area contributed by atoms with Crippen molar-refractivity contribution in [3.05, 3.63) is 51.5 Å². The molecule has 0 heterocycles. The van der Waals surface area contributed by atoms with E-state index in [1.54, 1.807) is 0 Å². The second-order valence-electron chi connectivity index (χ2n) is 4.19. The summed E-state index contributed by atoms with van der Waals surface area (Å²) in [5.74, 6) is -0.556. The fourth-order valence-electron chi connectivity index (χ4n) is 1.85. The van der Waals surface area contributed by atoms with Crippen molar-refractivity contribution in [1.29, 1.82) is 0 Å². The minimum Gasteiger partial charge on any atom is -0.405 e. The van der Waals surface area contributed by atoms with Crippen LogP contribution in [0.5, 0.6) is 5.75 Å². The van der Waals surface area contributed by atoms with Crippen LogP contribution in [0.4, 0.5) is 24.5 Å². The summed E-state index contributed by atoms with van der Waals surface area (Å²) in [6.45, 7) is 0. The summed E-state index contributed by atoms with van der Waals surface area (Å²) in [5.41, 5.74) is 4.90. The largest absolute Gasteiger partial charge is 0.573 e. The summed E-state index contributed by atoms with van der Waals surface area (Å²) >= 11 is 5.92. The van der Waals surface area contributed by atoms with Crippen LogP contribution in [0.15, 0.2) is 36.4 Å². The van der Waals surface area contributed by atoms with Gasteiger partial charge in [-0.3, -0.25) is 10.1 Å². The molecule has 0 aromatic heterocycles. The van der Waals surface area contributed by atoms with Gasteiger partial charge in [0, 0.05) is 11.6 Å². The molecule has 2 aromatic carbocycles. The van der Waals surface area contributed by atoms with Gasteiger partial charge >= 0.3 is 6.36 Å². The van der Waals surface area contributed by atoms with E-state index in [-0.39, 0.29) is 21.8 Å². The summed E-state index contributed by atoms with van der Waals surface area (Å²) in [6, 6.07) is 7.28. The molecular weight excluding hydrogens is 325 g/mol. The number of hydrogen-bond donors (Lipinski definition) is 1. The highest BCUT2D eigenvalue weighted by atomic mass is 35.5. The number of anilines is 1. The van der Waals surface area contributed by atoms with Gasteiger partial charge in [-0.05, 0) is 23.8 Å². The Balaban J connectivity index is 2.62. The maximum atomic E-state index is 12.4. The Hall–Kier alpha value is -2.48. The van der Waals surface area contributed by atoms with E-state index < -0.39 is 22.7 Å². The zero-order valence-corrected chi connectivity index (χ0v) is 11.5. The van der Waals surface area contributed by atoms with Gasteiger partial charge in [-0.25, -0.2) is 0 Å². The van der Waals surface area contributed by atoms with Gasteiger partial charge in [-0.15, -0.1) is 13.2 Å². The van der Waals surface area contributed by atoms with Crippen LogP contribution in [0.3, 0.4) is 0 Å². The number of nitrogens with zero attached hydrogens (tertiary/aromatic N) is 1. The molecule has 0 bridgehead atoms. The quantitative estimate of drug-likeness (QED) is 0.513. The third kappa shape index (κ3) is 3.40. The molecule has 2 rings (SSSR count). The number of benzene rings is 2. The number of nitrogens with two attached hydrogens (primary N) is 1.